The molecule has 21 heavy (non-hydrogen) atoms. The van der Waals surface area contributed by atoms with E-state index in [-0.39, 0.29) is 22.0 Å². The van der Waals surface area contributed by atoms with Gasteiger partial charge in [-0.15, -0.1) is 0 Å². The number of nitrogens with two attached hydrogens (primary N) is 1. The van der Waals surface area contributed by atoms with E-state index in [4.69, 9.17) is 17.3 Å². The van der Waals surface area contributed by atoms with Gasteiger partial charge < -0.3 is 5.73 Å². The molecular formula is C13H10ClFN2O3S. The summed E-state index contributed by atoms with van der Waals surface area (Å²) in [5.41, 5.74) is 5.85. The second-order valence-electron chi connectivity index (χ2n) is 4.25. The van der Waals surface area contributed by atoms with Gasteiger partial charge in [0.25, 0.3) is 5.69 Å². The number of benzene rings is 2. The number of hydrogen-bond donors (Lipinski definition) is 1. The Balaban J connectivity index is 2.29. The fourth-order valence-corrected chi connectivity index (χ4v) is 3.32. The molecule has 1 unspecified atom stereocenters. The molecule has 0 saturated heterocycles. The normalized spacial score (nSPS) is 12.1. The molecule has 2 aromatic carbocycles. The van der Waals surface area contributed by atoms with E-state index in [1.165, 1.54) is 18.2 Å². The topological polar surface area (TPSA) is 86.2 Å². The van der Waals surface area contributed by atoms with Gasteiger partial charge in [0.15, 0.2) is 0 Å². The van der Waals surface area contributed by atoms with Crippen LogP contribution in [0.4, 0.5) is 15.8 Å². The number of nitrogens with zero attached hydrogens (tertiary/aromatic N) is 1. The van der Waals surface area contributed by atoms with Gasteiger partial charge >= 0.3 is 0 Å². The quantitative estimate of drug-likeness (QED) is 0.530. The first-order valence-electron chi connectivity index (χ1n) is 5.74. The van der Waals surface area contributed by atoms with E-state index in [0.29, 0.717) is 10.6 Å². The number of halogens is 2. The van der Waals surface area contributed by atoms with Crippen LogP contribution in [0.1, 0.15) is 5.56 Å². The maximum absolute atomic E-state index is 13.3. The first-order chi connectivity index (χ1) is 9.86. The molecule has 1 atom stereocenters. The van der Waals surface area contributed by atoms with Crippen molar-refractivity contribution in [2.75, 3.05) is 5.73 Å². The molecule has 0 aliphatic heterocycles. The molecule has 0 aliphatic rings. The molecule has 0 amide bonds. The standard InChI is InChI=1S/C13H10ClFN2O3S/c14-12-6-10(16)1-2-13(12)21(20)7-8-3-9(15)5-11(4-8)17(18)19/h1-6H,7,16H2. The van der Waals surface area contributed by atoms with Gasteiger partial charge in [0.05, 0.1) is 37.5 Å². The number of rotatable bonds is 4. The number of nitro groups is 1. The van der Waals surface area contributed by atoms with Gasteiger partial charge in [-0.25, -0.2) is 4.39 Å². The maximum Gasteiger partial charge on any atom is 0.272 e. The smallest absolute Gasteiger partial charge is 0.272 e. The van der Waals surface area contributed by atoms with Gasteiger partial charge in [-0.1, -0.05) is 11.6 Å². The molecule has 0 spiro atoms. The number of hydrogen-bond acceptors (Lipinski definition) is 4. The lowest BCUT2D eigenvalue weighted by Gasteiger charge is -2.06. The van der Waals surface area contributed by atoms with Crippen molar-refractivity contribution in [3.05, 3.63) is 62.9 Å². The largest absolute Gasteiger partial charge is 0.399 e. The molecule has 5 nitrogen and oxygen atoms in total. The Morgan fingerprint density at radius 1 is 1.29 bits per heavy atom. The third kappa shape index (κ3) is 3.77. The van der Waals surface area contributed by atoms with Crippen LogP contribution < -0.4 is 5.73 Å². The van der Waals surface area contributed by atoms with Crippen LogP contribution in [0.25, 0.3) is 0 Å². The van der Waals surface area contributed by atoms with Crippen molar-refractivity contribution in [1.82, 2.24) is 0 Å². The lowest BCUT2D eigenvalue weighted by molar-refractivity contribution is -0.385. The fraction of sp³-hybridized carbons (Fsp3) is 0.0769. The molecular weight excluding hydrogens is 319 g/mol. The second kappa shape index (κ2) is 6.19. The van der Waals surface area contributed by atoms with E-state index in [1.54, 1.807) is 6.07 Å². The number of anilines is 1. The molecule has 0 aromatic heterocycles. The molecule has 0 heterocycles. The summed E-state index contributed by atoms with van der Waals surface area (Å²) < 4.78 is 25.6. The van der Waals surface area contributed by atoms with Gasteiger partial charge in [0.2, 0.25) is 0 Å². The van der Waals surface area contributed by atoms with E-state index in [9.17, 15) is 18.7 Å². The SMILES string of the molecule is Nc1ccc(S(=O)Cc2cc(F)cc([N+](=O)[O-])c2)c(Cl)c1. The summed E-state index contributed by atoms with van der Waals surface area (Å²) in [4.78, 5) is 10.3. The third-order valence-electron chi connectivity index (χ3n) is 2.65. The molecule has 0 aliphatic carbocycles. The summed E-state index contributed by atoms with van der Waals surface area (Å²) in [5.74, 6) is -0.831. The minimum absolute atomic E-state index is 0.0811. The minimum atomic E-state index is -1.56. The summed E-state index contributed by atoms with van der Waals surface area (Å²) in [6, 6.07) is 7.63. The van der Waals surface area contributed by atoms with Crippen molar-refractivity contribution in [3.8, 4) is 0 Å². The van der Waals surface area contributed by atoms with E-state index >= 15 is 0 Å². The van der Waals surface area contributed by atoms with Crippen molar-refractivity contribution in [2.45, 2.75) is 10.6 Å². The van der Waals surface area contributed by atoms with Gasteiger partial charge in [-0.2, -0.15) is 0 Å². The van der Waals surface area contributed by atoms with Crippen LogP contribution in [0.5, 0.6) is 0 Å². The van der Waals surface area contributed by atoms with Crippen LogP contribution in [0.15, 0.2) is 41.3 Å². The number of nitrogen functional groups attached to an aromatic ring is 1. The number of nitro benzene ring substituents is 1. The summed E-state index contributed by atoms with van der Waals surface area (Å²) in [6.07, 6.45) is 0. The van der Waals surface area contributed by atoms with Crippen LogP contribution in [-0.2, 0) is 16.6 Å². The second-order valence-corrected chi connectivity index (χ2v) is 6.08. The molecule has 2 N–H and O–H groups in total. The van der Waals surface area contributed by atoms with Crippen molar-refractivity contribution in [1.29, 1.82) is 0 Å². The number of non-ortho nitro benzene ring substituents is 1. The average Bonchev–Trinajstić information content (AvgIpc) is 2.37. The summed E-state index contributed by atoms with van der Waals surface area (Å²) in [7, 11) is -1.56. The van der Waals surface area contributed by atoms with Crippen molar-refractivity contribution < 1.29 is 13.5 Å². The van der Waals surface area contributed by atoms with Gasteiger partial charge in [0, 0.05) is 11.8 Å². The van der Waals surface area contributed by atoms with E-state index in [1.807, 2.05) is 0 Å². The molecule has 110 valence electrons. The first-order valence-corrected chi connectivity index (χ1v) is 7.44. The van der Waals surface area contributed by atoms with E-state index in [0.717, 1.165) is 12.1 Å². The highest BCUT2D eigenvalue weighted by Crippen LogP contribution is 2.25. The molecule has 0 radical (unpaired) electrons. The molecule has 2 aromatic rings. The minimum Gasteiger partial charge on any atom is -0.399 e. The third-order valence-corrected chi connectivity index (χ3v) is 4.52. The van der Waals surface area contributed by atoms with E-state index < -0.39 is 21.5 Å². The predicted molar refractivity (Wildman–Crippen MR) is 79.0 cm³/mol. The Bertz CT molecular complexity index is 739. The summed E-state index contributed by atoms with van der Waals surface area (Å²) in [5, 5.41) is 10.9. The molecule has 0 fully saturated rings. The van der Waals surface area contributed by atoms with Gasteiger partial charge in [-0.05, 0) is 29.8 Å². The Kier molecular flexibility index (Phi) is 4.54. The summed E-state index contributed by atoms with van der Waals surface area (Å²) >= 11 is 5.95. The Hall–Kier alpha value is -1.99. The van der Waals surface area contributed by atoms with Crippen molar-refractivity contribution >= 4 is 33.8 Å². The maximum atomic E-state index is 13.3. The van der Waals surface area contributed by atoms with E-state index in [2.05, 4.69) is 0 Å². The van der Waals surface area contributed by atoms with Gasteiger partial charge in [0.1, 0.15) is 5.82 Å². The lowest BCUT2D eigenvalue weighted by Crippen LogP contribution is -2.00. The average molecular weight is 329 g/mol. The fourth-order valence-electron chi connectivity index (χ4n) is 1.75. The highest BCUT2D eigenvalue weighted by atomic mass is 35.5. The molecule has 0 saturated carbocycles. The van der Waals surface area contributed by atoms with Crippen LogP contribution >= 0.6 is 11.6 Å². The Morgan fingerprint density at radius 2 is 2.00 bits per heavy atom. The lowest BCUT2D eigenvalue weighted by atomic mass is 10.2. The molecule has 2 rings (SSSR count). The Morgan fingerprint density at radius 3 is 2.62 bits per heavy atom. The van der Waals surface area contributed by atoms with Crippen LogP contribution in [0.2, 0.25) is 5.02 Å². The van der Waals surface area contributed by atoms with Crippen LogP contribution in [-0.4, -0.2) is 9.13 Å². The van der Waals surface area contributed by atoms with Crippen LogP contribution in [0, 0.1) is 15.9 Å². The zero-order valence-electron chi connectivity index (χ0n) is 10.6. The highest BCUT2D eigenvalue weighted by Gasteiger charge is 2.14. The highest BCUT2D eigenvalue weighted by molar-refractivity contribution is 7.84. The first kappa shape index (κ1) is 15.4. The predicted octanol–water partition coefficient (Wildman–Crippen LogP) is 3.28. The Labute approximate surface area is 127 Å². The zero-order valence-corrected chi connectivity index (χ0v) is 12.2. The molecule has 8 heteroatoms. The van der Waals surface area contributed by atoms with Gasteiger partial charge in [-0.3, -0.25) is 14.3 Å². The molecule has 0 bridgehead atoms. The zero-order chi connectivity index (χ0) is 15.6. The van der Waals surface area contributed by atoms with Crippen LogP contribution in [0.3, 0.4) is 0 Å². The monoisotopic (exact) mass is 328 g/mol. The van der Waals surface area contributed by atoms with Crippen molar-refractivity contribution in [2.24, 2.45) is 0 Å². The van der Waals surface area contributed by atoms with Crippen molar-refractivity contribution in [3.63, 3.8) is 0 Å². The summed E-state index contributed by atoms with van der Waals surface area (Å²) in [6.45, 7) is 0.